The van der Waals surface area contributed by atoms with E-state index in [4.69, 9.17) is 0 Å². The molecule has 112 valence electrons. The van der Waals surface area contributed by atoms with Crippen LogP contribution in [0.2, 0.25) is 0 Å². The molecule has 2 aliphatic rings. The second-order valence-electron chi connectivity index (χ2n) is 5.72. The van der Waals surface area contributed by atoms with Crippen LogP contribution in [0.4, 0.5) is 5.69 Å². The molecule has 2 saturated heterocycles. The van der Waals surface area contributed by atoms with Crippen molar-refractivity contribution in [1.82, 2.24) is 10.2 Å². The molecule has 0 bridgehead atoms. The van der Waals surface area contributed by atoms with Gasteiger partial charge in [0.1, 0.15) is 0 Å². The molecule has 1 atom stereocenters. The molecule has 0 radical (unpaired) electrons. The first-order chi connectivity index (χ1) is 10.2. The van der Waals surface area contributed by atoms with Gasteiger partial charge >= 0.3 is 0 Å². The normalized spacial score (nSPS) is 21.5. The van der Waals surface area contributed by atoms with E-state index in [0.717, 1.165) is 45.3 Å². The van der Waals surface area contributed by atoms with E-state index in [1.165, 1.54) is 0 Å². The quantitative estimate of drug-likeness (QED) is 0.888. The topological polar surface area (TPSA) is 61.4 Å². The Morgan fingerprint density at radius 1 is 1.19 bits per heavy atom. The van der Waals surface area contributed by atoms with Gasteiger partial charge in [-0.2, -0.15) is 0 Å². The van der Waals surface area contributed by atoms with Crippen LogP contribution in [0.25, 0.3) is 0 Å². The van der Waals surface area contributed by atoms with Crippen LogP contribution in [0.1, 0.15) is 36.0 Å². The third kappa shape index (κ3) is 3.24. The van der Waals surface area contributed by atoms with Gasteiger partial charge in [0.05, 0.1) is 6.04 Å². The number of nitrogens with zero attached hydrogens (tertiary/aromatic N) is 1. The molecule has 2 aliphatic heterocycles. The van der Waals surface area contributed by atoms with Gasteiger partial charge in [-0.3, -0.25) is 9.59 Å². The summed E-state index contributed by atoms with van der Waals surface area (Å²) in [5, 5.41) is 6.07. The largest absolute Gasteiger partial charge is 0.339 e. The van der Waals surface area contributed by atoms with Crippen LogP contribution in [0.3, 0.4) is 0 Å². The zero-order chi connectivity index (χ0) is 14.7. The van der Waals surface area contributed by atoms with E-state index in [0.29, 0.717) is 11.3 Å². The van der Waals surface area contributed by atoms with E-state index >= 15 is 0 Å². The molecule has 1 aromatic carbocycles. The fourth-order valence-electron chi connectivity index (χ4n) is 2.97. The number of anilines is 1. The van der Waals surface area contributed by atoms with E-state index in [-0.39, 0.29) is 17.9 Å². The van der Waals surface area contributed by atoms with Gasteiger partial charge in [0.15, 0.2) is 0 Å². The maximum atomic E-state index is 12.3. The zero-order valence-corrected chi connectivity index (χ0v) is 12.1. The maximum absolute atomic E-state index is 12.3. The van der Waals surface area contributed by atoms with Gasteiger partial charge in [-0.05, 0) is 50.4 Å². The van der Waals surface area contributed by atoms with Gasteiger partial charge in [0.2, 0.25) is 5.91 Å². The van der Waals surface area contributed by atoms with Gasteiger partial charge in [0, 0.05) is 24.3 Å². The Bertz CT molecular complexity index is 532. The van der Waals surface area contributed by atoms with Crippen LogP contribution in [0.5, 0.6) is 0 Å². The monoisotopic (exact) mass is 287 g/mol. The fourth-order valence-corrected chi connectivity index (χ4v) is 2.97. The average molecular weight is 287 g/mol. The van der Waals surface area contributed by atoms with E-state index in [1.807, 2.05) is 23.1 Å². The number of carbonyl (C=O) groups excluding carboxylic acids is 2. The Labute approximate surface area is 124 Å². The van der Waals surface area contributed by atoms with Crippen molar-refractivity contribution < 1.29 is 9.59 Å². The van der Waals surface area contributed by atoms with Crippen molar-refractivity contribution >= 4 is 17.5 Å². The lowest BCUT2D eigenvalue weighted by Crippen LogP contribution is -2.35. The molecule has 5 nitrogen and oxygen atoms in total. The van der Waals surface area contributed by atoms with Crippen molar-refractivity contribution in [2.75, 3.05) is 25.0 Å². The predicted molar refractivity (Wildman–Crippen MR) is 81.2 cm³/mol. The highest BCUT2D eigenvalue weighted by Crippen LogP contribution is 2.17. The van der Waals surface area contributed by atoms with E-state index < -0.39 is 0 Å². The van der Waals surface area contributed by atoms with Crippen LogP contribution < -0.4 is 10.6 Å². The minimum Gasteiger partial charge on any atom is -0.339 e. The third-order valence-corrected chi connectivity index (χ3v) is 4.15. The first kappa shape index (κ1) is 14.1. The second kappa shape index (κ2) is 6.26. The first-order valence-corrected chi connectivity index (χ1v) is 7.67. The third-order valence-electron chi connectivity index (χ3n) is 4.15. The highest BCUT2D eigenvalue weighted by atomic mass is 16.2. The summed E-state index contributed by atoms with van der Waals surface area (Å²) in [6.07, 6.45) is 4.06. The van der Waals surface area contributed by atoms with Crippen LogP contribution in [-0.4, -0.2) is 42.4 Å². The Morgan fingerprint density at radius 3 is 2.71 bits per heavy atom. The molecule has 2 fully saturated rings. The predicted octanol–water partition coefficient (Wildman–Crippen LogP) is 1.61. The summed E-state index contributed by atoms with van der Waals surface area (Å²) < 4.78 is 0. The lowest BCUT2D eigenvalue weighted by molar-refractivity contribution is -0.117. The van der Waals surface area contributed by atoms with Crippen LogP contribution >= 0.6 is 0 Å². The molecule has 3 rings (SSSR count). The number of hydrogen-bond acceptors (Lipinski definition) is 3. The van der Waals surface area contributed by atoms with Crippen molar-refractivity contribution in [2.24, 2.45) is 0 Å². The van der Waals surface area contributed by atoms with E-state index in [9.17, 15) is 9.59 Å². The van der Waals surface area contributed by atoms with Gasteiger partial charge in [-0.1, -0.05) is 6.07 Å². The van der Waals surface area contributed by atoms with Crippen molar-refractivity contribution in [2.45, 2.75) is 31.7 Å². The second-order valence-corrected chi connectivity index (χ2v) is 5.72. The van der Waals surface area contributed by atoms with Crippen molar-refractivity contribution in [1.29, 1.82) is 0 Å². The Hall–Kier alpha value is -1.88. The summed E-state index contributed by atoms with van der Waals surface area (Å²) in [6, 6.07) is 7.12. The summed E-state index contributed by atoms with van der Waals surface area (Å²) >= 11 is 0. The molecule has 2 amide bonds. The highest BCUT2D eigenvalue weighted by Gasteiger charge is 2.23. The number of carbonyl (C=O) groups is 2. The number of amides is 2. The number of hydrogen-bond donors (Lipinski definition) is 2. The first-order valence-electron chi connectivity index (χ1n) is 7.67. The Balaban J connectivity index is 1.67. The van der Waals surface area contributed by atoms with Crippen LogP contribution in [0.15, 0.2) is 24.3 Å². The lowest BCUT2D eigenvalue weighted by atomic mass is 10.1. The zero-order valence-electron chi connectivity index (χ0n) is 12.1. The van der Waals surface area contributed by atoms with Crippen molar-refractivity contribution in [3.8, 4) is 0 Å². The Morgan fingerprint density at radius 2 is 2.00 bits per heavy atom. The average Bonchev–Trinajstić information content (AvgIpc) is 3.20. The Kier molecular flexibility index (Phi) is 4.20. The van der Waals surface area contributed by atoms with Gasteiger partial charge in [-0.15, -0.1) is 0 Å². The standard InChI is InChI=1S/C16H21N3O2/c20-15(14-7-4-8-17-14)18-13-6-3-5-12(11-13)16(21)19-9-1-2-10-19/h3,5-6,11,14,17H,1-2,4,7-10H2,(H,18,20). The molecular weight excluding hydrogens is 266 g/mol. The molecule has 0 aliphatic carbocycles. The number of rotatable bonds is 3. The SMILES string of the molecule is O=C(Nc1cccc(C(=O)N2CCCC2)c1)C1CCCN1. The molecule has 0 aromatic heterocycles. The minimum absolute atomic E-state index is 0.0155. The van der Waals surface area contributed by atoms with Crippen LogP contribution in [-0.2, 0) is 4.79 Å². The molecule has 0 spiro atoms. The van der Waals surface area contributed by atoms with Crippen LogP contribution in [0, 0.1) is 0 Å². The summed E-state index contributed by atoms with van der Waals surface area (Å²) in [7, 11) is 0. The molecule has 5 heteroatoms. The lowest BCUT2D eigenvalue weighted by Gasteiger charge is -2.16. The maximum Gasteiger partial charge on any atom is 0.253 e. The molecule has 2 heterocycles. The molecule has 1 aromatic rings. The number of likely N-dealkylation sites (tertiary alicyclic amines) is 1. The summed E-state index contributed by atoms with van der Waals surface area (Å²) in [4.78, 5) is 26.3. The smallest absolute Gasteiger partial charge is 0.253 e. The molecule has 2 N–H and O–H groups in total. The van der Waals surface area contributed by atoms with Crippen molar-refractivity contribution in [3.05, 3.63) is 29.8 Å². The minimum atomic E-state index is -0.108. The number of benzene rings is 1. The van der Waals surface area contributed by atoms with Gasteiger partial charge in [0.25, 0.3) is 5.91 Å². The summed E-state index contributed by atoms with van der Waals surface area (Å²) in [6.45, 7) is 2.56. The van der Waals surface area contributed by atoms with Gasteiger partial charge < -0.3 is 15.5 Å². The highest BCUT2D eigenvalue weighted by molar-refractivity contribution is 5.98. The summed E-state index contributed by atoms with van der Waals surface area (Å²) in [5.41, 5.74) is 1.34. The summed E-state index contributed by atoms with van der Waals surface area (Å²) in [5.74, 6) is 0.0425. The molecule has 21 heavy (non-hydrogen) atoms. The van der Waals surface area contributed by atoms with E-state index in [1.54, 1.807) is 6.07 Å². The molecular formula is C16H21N3O2. The fraction of sp³-hybridized carbons (Fsp3) is 0.500. The van der Waals surface area contributed by atoms with Crippen molar-refractivity contribution in [3.63, 3.8) is 0 Å². The molecule has 0 saturated carbocycles. The van der Waals surface area contributed by atoms with Gasteiger partial charge in [-0.25, -0.2) is 0 Å². The number of nitrogens with one attached hydrogen (secondary N) is 2. The molecule has 1 unspecified atom stereocenters. The van der Waals surface area contributed by atoms with E-state index in [2.05, 4.69) is 10.6 Å².